The number of hydrogen-bond donors (Lipinski definition) is 1. The molecule has 1 aliphatic heterocycles. The number of amides is 2. The molecule has 2 amide bonds. The lowest BCUT2D eigenvalue weighted by molar-refractivity contribution is -0.135. The zero-order valence-corrected chi connectivity index (χ0v) is 17.1. The zero-order valence-electron chi connectivity index (χ0n) is 15.5. The molecule has 1 heterocycles. The van der Waals surface area contributed by atoms with Crippen LogP contribution in [-0.4, -0.2) is 57.6 Å². The summed E-state index contributed by atoms with van der Waals surface area (Å²) in [4.78, 5) is 25.7. The van der Waals surface area contributed by atoms with Crippen LogP contribution in [0.4, 0.5) is 5.69 Å². The lowest BCUT2D eigenvalue weighted by Crippen LogP contribution is -2.52. The van der Waals surface area contributed by atoms with Gasteiger partial charge in [0.15, 0.2) is 0 Å². The second-order valence-electron chi connectivity index (χ2n) is 6.56. The number of benzene rings is 1. The summed E-state index contributed by atoms with van der Waals surface area (Å²) in [5, 5.41) is 0.241. The predicted molar refractivity (Wildman–Crippen MR) is 103 cm³/mol. The molecule has 0 bridgehead atoms. The lowest BCUT2D eigenvalue weighted by atomic mass is 9.96. The topological polar surface area (TPSA) is 110 Å². The molecule has 0 aliphatic carbocycles. The van der Waals surface area contributed by atoms with E-state index < -0.39 is 16.1 Å². The lowest BCUT2D eigenvalue weighted by Gasteiger charge is -2.36. The molecule has 0 radical (unpaired) electrons. The third kappa shape index (κ3) is 4.84. The van der Waals surface area contributed by atoms with Crippen LogP contribution in [0, 0.1) is 5.92 Å². The fourth-order valence-electron chi connectivity index (χ4n) is 3.24. The van der Waals surface area contributed by atoms with Gasteiger partial charge in [0.1, 0.15) is 11.8 Å². The number of nitrogens with two attached hydrogens (primary N) is 1. The van der Waals surface area contributed by atoms with Crippen molar-refractivity contribution in [3.63, 3.8) is 0 Å². The van der Waals surface area contributed by atoms with E-state index >= 15 is 0 Å². The smallest absolute Gasteiger partial charge is 0.246 e. The number of nitrogens with zero attached hydrogens (tertiary/aromatic N) is 2. The van der Waals surface area contributed by atoms with Crippen molar-refractivity contribution in [2.45, 2.75) is 25.8 Å². The van der Waals surface area contributed by atoms with Gasteiger partial charge < -0.3 is 15.4 Å². The number of methoxy groups -OCH3 is 1. The van der Waals surface area contributed by atoms with Crippen molar-refractivity contribution in [3.05, 3.63) is 23.2 Å². The van der Waals surface area contributed by atoms with Gasteiger partial charge in [0, 0.05) is 19.0 Å². The van der Waals surface area contributed by atoms with Gasteiger partial charge in [0.25, 0.3) is 0 Å². The molecule has 1 atom stereocenters. The van der Waals surface area contributed by atoms with Crippen molar-refractivity contribution >= 4 is 39.1 Å². The largest absolute Gasteiger partial charge is 0.495 e. The molecule has 1 aliphatic rings. The number of ether oxygens (including phenoxy) is 1. The van der Waals surface area contributed by atoms with Gasteiger partial charge in [0.05, 0.1) is 24.1 Å². The summed E-state index contributed by atoms with van der Waals surface area (Å²) in [5.41, 5.74) is 5.59. The van der Waals surface area contributed by atoms with Crippen molar-refractivity contribution in [3.8, 4) is 5.75 Å². The minimum Gasteiger partial charge on any atom is -0.495 e. The number of carbonyl (C=O) groups excluding carboxylic acids is 2. The van der Waals surface area contributed by atoms with Crippen molar-refractivity contribution in [2.75, 3.05) is 30.8 Å². The maximum Gasteiger partial charge on any atom is 0.246 e. The highest BCUT2D eigenvalue weighted by Gasteiger charge is 2.34. The molecule has 1 aromatic rings. The van der Waals surface area contributed by atoms with Crippen LogP contribution in [0.1, 0.15) is 19.8 Å². The summed E-state index contributed by atoms with van der Waals surface area (Å²) < 4.78 is 30.9. The van der Waals surface area contributed by atoms with Crippen LogP contribution < -0.4 is 14.8 Å². The molecule has 8 nitrogen and oxygen atoms in total. The number of sulfonamides is 1. The van der Waals surface area contributed by atoms with Crippen LogP contribution in [0.5, 0.6) is 5.75 Å². The van der Waals surface area contributed by atoms with E-state index in [1.165, 1.54) is 26.2 Å². The fourth-order valence-corrected chi connectivity index (χ4v) is 4.66. The Labute approximate surface area is 164 Å². The quantitative estimate of drug-likeness (QED) is 0.748. The van der Waals surface area contributed by atoms with Crippen LogP contribution in [-0.2, 0) is 19.6 Å². The number of piperidine rings is 1. The van der Waals surface area contributed by atoms with E-state index in [1.807, 2.05) is 0 Å². The monoisotopic (exact) mass is 417 g/mol. The molecule has 0 spiro atoms. The van der Waals surface area contributed by atoms with Gasteiger partial charge in [-0.3, -0.25) is 13.9 Å². The molecular formula is C17H24ClN3O5S. The summed E-state index contributed by atoms with van der Waals surface area (Å²) >= 11 is 6.12. The minimum atomic E-state index is -3.75. The maximum atomic E-state index is 12.9. The highest BCUT2D eigenvalue weighted by atomic mass is 35.5. The Morgan fingerprint density at radius 2 is 1.93 bits per heavy atom. The van der Waals surface area contributed by atoms with Crippen molar-refractivity contribution in [2.24, 2.45) is 11.7 Å². The van der Waals surface area contributed by atoms with Crippen LogP contribution in [0.3, 0.4) is 0 Å². The number of carbonyl (C=O) groups is 2. The van der Waals surface area contributed by atoms with Gasteiger partial charge in [-0.15, -0.1) is 0 Å². The molecular weight excluding hydrogens is 394 g/mol. The van der Waals surface area contributed by atoms with E-state index in [0.29, 0.717) is 31.7 Å². The number of halogens is 1. The number of anilines is 1. The highest BCUT2D eigenvalue weighted by molar-refractivity contribution is 7.92. The van der Waals surface area contributed by atoms with E-state index in [4.69, 9.17) is 22.1 Å². The van der Waals surface area contributed by atoms with Crippen LogP contribution in [0.2, 0.25) is 5.02 Å². The number of hydrogen-bond acceptors (Lipinski definition) is 5. The van der Waals surface area contributed by atoms with E-state index in [1.54, 1.807) is 11.0 Å². The van der Waals surface area contributed by atoms with E-state index in [9.17, 15) is 18.0 Å². The van der Waals surface area contributed by atoms with Gasteiger partial charge in [-0.05, 0) is 38.0 Å². The summed E-state index contributed by atoms with van der Waals surface area (Å²) in [7, 11) is -2.29. The second kappa shape index (κ2) is 8.35. The van der Waals surface area contributed by atoms with Crippen molar-refractivity contribution < 1.29 is 22.7 Å². The van der Waals surface area contributed by atoms with Crippen LogP contribution in [0.25, 0.3) is 0 Å². The van der Waals surface area contributed by atoms with Crippen molar-refractivity contribution in [1.82, 2.24) is 4.90 Å². The average Bonchev–Trinajstić information content (AvgIpc) is 2.60. The maximum absolute atomic E-state index is 12.9. The minimum absolute atomic E-state index is 0.241. The number of primary amides is 1. The van der Waals surface area contributed by atoms with Crippen LogP contribution >= 0.6 is 11.6 Å². The van der Waals surface area contributed by atoms with Gasteiger partial charge >= 0.3 is 0 Å². The Hall–Kier alpha value is -2.00. The Kier molecular flexibility index (Phi) is 6.59. The molecule has 1 saturated heterocycles. The zero-order chi connectivity index (χ0) is 20.4. The number of rotatable bonds is 6. The molecule has 2 rings (SSSR count). The van der Waals surface area contributed by atoms with Gasteiger partial charge in [-0.1, -0.05) is 11.6 Å². The molecule has 2 N–H and O–H groups in total. The molecule has 1 unspecified atom stereocenters. The molecule has 27 heavy (non-hydrogen) atoms. The average molecular weight is 418 g/mol. The summed E-state index contributed by atoms with van der Waals surface area (Å²) in [6.45, 7) is 2.25. The van der Waals surface area contributed by atoms with E-state index in [2.05, 4.69) is 0 Å². The first kappa shape index (κ1) is 21.3. The normalized spacial score (nSPS) is 16.7. The van der Waals surface area contributed by atoms with Gasteiger partial charge in [-0.2, -0.15) is 0 Å². The second-order valence-corrected chi connectivity index (χ2v) is 8.82. The SMILES string of the molecule is COc1ccc(N(C(C)C(=O)N2CCC(C(N)=O)CC2)S(C)(=O)=O)cc1Cl. The summed E-state index contributed by atoms with van der Waals surface area (Å²) in [6.07, 6.45) is 1.98. The van der Waals surface area contributed by atoms with E-state index in [-0.39, 0.29) is 28.4 Å². The third-order valence-corrected chi connectivity index (χ3v) is 6.20. The Bertz CT molecular complexity index is 822. The van der Waals surface area contributed by atoms with Gasteiger partial charge in [0.2, 0.25) is 21.8 Å². The molecule has 1 fully saturated rings. The first-order valence-corrected chi connectivity index (χ1v) is 10.7. The summed E-state index contributed by atoms with van der Waals surface area (Å²) in [5.74, 6) is -0.562. The Balaban J connectivity index is 2.25. The third-order valence-electron chi connectivity index (χ3n) is 4.67. The Morgan fingerprint density at radius 1 is 1.33 bits per heavy atom. The predicted octanol–water partition coefficient (Wildman–Crippen LogP) is 1.23. The highest BCUT2D eigenvalue weighted by Crippen LogP contribution is 2.31. The van der Waals surface area contributed by atoms with Crippen LogP contribution in [0.15, 0.2) is 18.2 Å². The Morgan fingerprint density at radius 3 is 2.37 bits per heavy atom. The molecule has 150 valence electrons. The molecule has 0 aromatic heterocycles. The molecule has 0 saturated carbocycles. The standard InChI is InChI=1S/C17H24ClN3O5S/c1-11(17(23)20-8-6-12(7-9-20)16(19)22)21(27(3,24)25)13-4-5-15(26-2)14(18)10-13/h4-5,10-12H,6-9H2,1-3H3,(H2,19,22). The first-order valence-electron chi connectivity index (χ1n) is 8.47. The summed E-state index contributed by atoms with van der Waals surface area (Å²) in [6, 6.07) is 3.57. The molecule has 10 heteroatoms. The molecule has 1 aromatic carbocycles. The van der Waals surface area contributed by atoms with Crippen molar-refractivity contribution in [1.29, 1.82) is 0 Å². The fraction of sp³-hybridized carbons (Fsp3) is 0.529. The van der Waals surface area contributed by atoms with E-state index in [0.717, 1.165) is 10.6 Å². The first-order chi connectivity index (χ1) is 12.6. The van der Waals surface area contributed by atoms with Gasteiger partial charge in [-0.25, -0.2) is 8.42 Å². The number of likely N-dealkylation sites (tertiary alicyclic amines) is 1.